The zero-order valence-corrected chi connectivity index (χ0v) is 17.2. The number of aromatic nitrogens is 2. The normalized spacial score (nSPS) is 13.2. The Labute approximate surface area is 189 Å². The Morgan fingerprint density at radius 1 is 1.15 bits per heavy atom. The molecule has 1 aliphatic heterocycles. The number of carbonyl (C=O) groups is 2. The third-order valence-electron chi connectivity index (χ3n) is 5.27. The number of carbonyl (C=O) groups excluding carboxylic acids is 1. The van der Waals surface area contributed by atoms with E-state index in [2.05, 4.69) is 10.4 Å². The number of benzene rings is 2. The third kappa shape index (κ3) is 4.40. The minimum atomic E-state index is -4.85. The van der Waals surface area contributed by atoms with Gasteiger partial charge in [0.1, 0.15) is 11.5 Å². The predicted octanol–water partition coefficient (Wildman–Crippen LogP) is 4.19. The van der Waals surface area contributed by atoms with E-state index in [0.29, 0.717) is 17.2 Å². The molecular formula is C22H15F4N5O3. The van der Waals surface area contributed by atoms with E-state index in [0.717, 1.165) is 15.6 Å². The van der Waals surface area contributed by atoms with Crippen LogP contribution in [-0.4, -0.2) is 38.3 Å². The first kappa shape index (κ1) is 22.8. The van der Waals surface area contributed by atoms with Crippen molar-refractivity contribution < 1.29 is 32.3 Å². The maximum absolute atomic E-state index is 14.7. The van der Waals surface area contributed by atoms with Gasteiger partial charge in [0.15, 0.2) is 5.69 Å². The fourth-order valence-electron chi connectivity index (χ4n) is 3.61. The van der Waals surface area contributed by atoms with Crippen molar-refractivity contribution in [2.24, 2.45) is 0 Å². The molecule has 0 spiro atoms. The Kier molecular flexibility index (Phi) is 5.70. The Morgan fingerprint density at radius 3 is 2.59 bits per heavy atom. The number of alkyl halides is 3. The second-order valence-electron chi connectivity index (χ2n) is 7.50. The van der Waals surface area contributed by atoms with Gasteiger partial charge in [-0.1, -0.05) is 6.07 Å². The summed E-state index contributed by atoms with van der Waals surface area (Å²) < 4.78 is 55.3. The van der Waals surface area contributed by atoms with Crippen LogP contribution in [0.3, 0.4) is 0 Å². The first-order valence-corrected chi connectivity index (χ1v) is 9.85. The Morgan fingerprint density at radius 2 is 1.91 bits per heavy atom. The molecule has 0 atom stereocenters. The maximum Gasteiger partial charge on any atom is 0.435 e. The largest absolute Gasteiger partial charge is 0.465 e. The summed E-state index contributed by atoms with van der Waals surface area (Å²) in [5.74, 6) is -1.92. The van der Waals surface area contributed by atoms with Crippen molar-refractivity contribution in [3.8, 4) is 11.8 Å². The number of nitrogens with zero attached hydrogens (tertiary/aromatic N) is 4. The molecule has 1 aromatic heterocycles. The summed E-state index contributed by atoms with van der Waals surface area (Å²) in [5, 5.41) is 23.9. The highest BCUT2D eigenvalue weighted by Gasteiger charge is 2.36. The quantitative estimate of drug-likeness (QED) is 0.554. The summed E-state index contributed by atoms with van der Waals surface area (Å²) in [5.41, 5.74) is -0.887. The molecule has 3 aromatic rings. The maximum atomic E-state index is 14.7. The molecule has 0 bridgehead atoms. The van der Waals surface area contributed by atoms with Gasteiger partial charge in [0.05, 0.1) is 23.0 Å². The summed E-state index contributed by atoms with van der Waals surface area (Å²) >= 11 is 0. The van der Waals surface area contributed by atoms with Crippen LogP contribution >= 0.6 is 0 Å². The van der Waals surface area contributed by atoms with E-state index in [4.69, 9.17) is 10.4 Å². The zero-order chi connectivity index (χ0) is 24.6. The molecule has 0 saturated carbocycles. The molecule has 2 N–H and O–H groups in total. The first-order chi connectivity index (χ1) is 16.1. The van der Waals surface area contributed by atoms with Gasteiger partial charge in [0, 0.05) is 19.2 Å². The standard InChI is InChI=1S/C22H15F4N5O3/c23-16-7-14-11-30(21(33)34)5-4-13(14)8-17(16)28-20(32)18-9-19(22(24,25)26)29-31(18)15-3-1-2-12(6-15)10-27/h1-3,6-9H,4-5,11H2,(H,28,32)(H,33,34). The lowest BCUT2D eigenvalue weighted by Crippen LogP contribution is -2.34. The molecule has 2 amide bonds. The summed E-state index contributed by atoms with van der Waals surface area (Å²) in [6.07, 6.45) is -5.71. The summed E-state index contributed by atoms with van der Waals surface area (Å²) in [4.78, 5) is 25.2. The smallest absolute Gasteiger partial charge is 0.435 e. The van der Waals surface area contributed by atoms with Gasteiger partial charge in [-0.15, -0.1) is 0 Å². The Balaban J connectivity index is 1.69. The first-order valence-electron chi connectivity index (χ1n) is 9.85. The summed E-state index contributed by atoms with van der Waals surface area (Å²) in [7, 11) is 0. The van der Waals surface area contributed by atoms with Crippen LogP contribution in [0.2, 0.25) is 0 Å². The van der Waals surface area contributed by atoms with Crippen LogP contribution in [0.1, 0.15) is 32.9 Å². The molecule has 0 radical (unpaired) electrons. The van der Waals surface area contributed by atoms with E-state index >= 15 is 0 Å². The Bertz CT molecular complexity index is 1340. The van der Waals surface area contributed by atoms with Gasteiger partial charge in [0.2, 0.25) is 0 Å². The molecule has 0 unspecified atom stereocenters. The molecule has 0 aliphatic carbocycles. The average molecular weight is 473 g/mol. The molecule has 0 fully saturated rings. The van der Waals surface area contributed by atoms with Crippen molar-refractivity contribution in [2.45, 2.75) is 19.1 Å². The van der Waals surface area contributed by atoms with Gasteiger partial charge >= 0.3 is 12.3 Å². The SMILES string of the molecule is N#Cc1cccc(-n2nc(C(F)(F)F)cc2C(=O)Nc2cc3c(cc2F)CN(C(=O)O)CC3)c1. The fourth-order valence-corrected chi connectivity index (χ4v) is 3.61. The number of carboxylic acid groups (broad SMARTS) is 1. The minimum Gasteiger partial charge on any atom is -0.465 e. The molecule has 8 nitrogen and oxygen atoms in total. The van der Waals surface area contributed by atoms with E-state index in [-0.39, 0.29) is 36.4 Å². The number of hydrogen-bond acceptors (Lipinski definition) is 4. The van der Waals surface area contributed by atoms with E-state index in [1.54, 1.807) is 0 Å². The highest BCUT2D eigenvalue weighted by atomic mass is 19.4. The number of rotatable bonds is 3. The number of halogens is 4. The molecule has 0 saturated heterocycles. The molecule has 1 aliphatic rings. The van der Waals surface area contributed by atoms with Crippen LogP contribution < -0.4 is 5.32 Å². The number of anilines is 1. The fraction of sp³-hybridized carbons (Fsp3) is 0.182. The lowest BCUT2D eigenvalue weighted by molar-refractivity contribution is -0.141. The van der Waals surface area contributed by atoms with E-state index in [1.807, 2.05) is 6.07 Å². The van der Waals surface area contributed by atoms with Gasteiger partial charge in [-0.2, -0.15) is 23.5 Å². The third-order valence-corrected chi connectivity index (χ3v) is 5.27. The summed E-state index contributed by atoms with van der Waals surface area (Å²) in [6.45, 7) is 0.158. The number of nitrogens with one attached hydrogen (secondary N) is 1. The number of hydrogen-bond donors (Lipinski definition) is 2. The lowest BCUT2D eigenvalue weighted by atomic mass is 9.99. The van der Waals surface area contributed by atoms with Crippen LogP contribution in [0.5, 0.6) is 0 Å². The van der Waals surface area contributed by atoms with Gasteiger partial charge in [-0.05, 0) is 47.9 Å². The van der Waals surface area contributed by atoms with Gasteiger partial charge in [-0.3, -0.25) is 4.79 Å². The average Bonchev–Trinajstić information content (AvgIpc) is 3.25. The molecule has 34 heavy (non-hydrogen) atoms. The highest BCUT2D eigenvalue weighted by Crippen LogP contribution is 2.31. The van der Waals surface area contributed by atoms with Crippen LogP contribution in [0.25, 0.3) is 5.69 Å². The van der Waals surface area contributed by atoms with Crippen LogP contribution in [0.4, 0.5) is 28.0 Å². The van der Waals surface area contributed by atoms with Crippen LogP contribution in [0.15, 0.2) is 42.5 Å². The summed E-state index contributed by atoms with van der Waals surface area (Å²) in [6, 6.07) is 10.3. The van der Waals surface area contributed by atoms with Crippen molar-refractivity contribution in [3.63, 3.8) is 0 Å². The monoisotopic (exact) mass is 473 g/mol. The van der Waals surface area contributed by atoms with E-state index < -0.39 is 35.4 Å². The zero-order valence-electron chi connectivity index (χ0n) is 17.2. The van der Waals surface area contributed by atoms with E-state index in [1.165, 1.54) is 30.3 Å². The van der Waals surface area contributed by atoms with Crippen molar-refractivity contribution in [1.82, 2.24) is 14.7 Å². The van der Waals surface area contributed by atoms with Crippen molar-refractivity contribution in [1.29, 1.82) is 5.26 Å². The van der Waals surface area contributed by atoms with Crippen molar-refractivity contribution in [3.05, 3.63) is 76.4 Å². The van der Waals surface area contributed by atoms with Crippen LogP contribution in [0, 0.1) is 17.1 Å². The number of nitriles is 1. The van der Waals surface area contributed by atoms with Crippen LogP contribution in [-0.2, 0) is 19.1 Å². The van der Waals surface area contributed by atoms with Gasteiger partial charge < -0.3 is 15.3 Å². The van der Waals surface area contributed by atoms with E-state index in [9.17, 15) is 27.2 Å². The Hall–Kier alpha value is -4.40. The molecule has 12 heteroatoms. The molecule has 2 heterocycles. The van der Waals surface area contributed by atoms with Crippen molar-refractivity contribution >= 4 is 17.7 Å². The number of amides is 2. The second kappa shape index (κ2) is 8.51. The predicted molar refractivity (Wildman–Crippen MR) is 110 cm³/mol. The molecular weight excluding hydrogens is 458 g/mol. The molecule has 174 valence electrons. The molecule has 2 aromatic carbocycles. The lowest BCUT2D eigenvalue weighted by Gasteiger charge is -2.27. The van der Waals surface area contributed by atoms with Crippen molar-refractivity contribution in [2.75, 3.05) is 11.9 Å². The second-order valence-corrected chi connectivity index (χ2v) is 7.50. The minimum absolute atomic E-state index is 0.0211. The topological polar surface area (TPSA) is 111 Å². The molecule has 4 rings (SSSR count). The van der Waals surface area contributed by atoms with Gasteiger partial charge in [-0.25, -0.2) is 13.9 Å². The highest BCUT2D eigenvalue weighted by molar-refractivity contribution is 6.03. The van der Waals surface area contributed by atoms with Gasteiger partial charge in [0.25, 0.3) is 5.91 Å². The number of fused-ring (bicyclic) bond motifs is 1.